The summed E-state index contributed by atoms with van der Waals surface area (Å²) in [5.41, 5.74) is 0.960. The predicted molar refractivity (Wildman–Crippen MR) is 119 cm³/mol. The number of hydrogen-bond donors (Lipinski definition) is 0. The van der Waals surface area contributed by atoms with Gasteiger partial charge in [-0.3, -0.25) is 9.59 Å². The van der Waals surface area contributed by atoms with Crippen molar-refractivity contribution in [3.8, 4) is 0 Å². The van der Waals surface area contributed by atoms with Crippen LogP contribution >= 0.6 is 0 Å². The molecule has 0 aromatic carbocycles. The highest BCUT2D eigenvalue weighted by Gasteiger charge is 2.52. The van der Waals surface area contributed by atoms with Gasteiger partial charge in [0, 0.05) is 12.8 Å². The average Bonchev–Trinajstić information content (AvgIpc) is 3.04. The second-order valence-corrected chi connectivity index (χ2v) is 12.7. The van der Waals surface area contributed by atoms with Crippen LogP contribution in [0.1, 0.15) is 106 Å². The SMILES string of the molecule is CC(=O)OC1CC2CC(C(=O)OC3(C)CCCC3)C1C2.CC(C)(C)CC1CC1(C)C. The Morgan fingerprint density at radius 3 is 2.03 bits per heavy atom. The van der Waals surface area contributed by atoms with E-state index in [0.29, 0.717) is 16.7 Å². The Balaban J connectivity index is 0.000000216. The van der Waals surface area contributed by atoms with Crippen molar-refractivity contribution < 1.29 is 19.1 Å². The smallest absolute Gasteiger partial charge is 0.309 e. The first-order valence-electron chi connectivity index (χ1n) is 12.2. The van der Waals surface area contributed by atoms with E-state index in [2.05, 4.69) is 41.5 Å². The number of esters is 2. The van der Waals surface area contributed by atoms with E-state index >= 15 is 0 Å². The molecule has 2 bridgehead atoms. The molecule has 0 spiro atoms. The van der Waals surface area contributed by atoms with E-state index in [9.17, 15) is 9.59 Å². The highest BCUT2D eigenvalue weighted by Crippen LogP contribution is 2.56. The van der Waals surface area contributed by atoms with Crippen molar-refractivity contribution in [3.05, 3.63) is 0 Å². The lowest BCUT2D eigenvalue weighted by atomic mass is 9.86. The maximum Gasteiger partial charge on any atom is 0.309 e. The Morgan fingerprint density at radius 1 is 1.00 bits per heavy atom. The maximum absolute atomic E-state index is 12.5. The Hall–Kier alpha value is -1.06. The van der Waals surface area contributed by atoms with E-state index in [4.69, 9.17) is 9.47 Å². The normalized spacial score (nSPS) is 35.4. The van der Waals surface area contributed by atoms with Crippen LogP contribution in [-0.2, 0) is 19.1 Å². The summed E-state index contributed by atoms with van der Waals surface area (Å²) in [6.07, 6.45) is 9.88. The molecule has 0 saturated heterocycles. The van der Waals surface area contributed by atoms with Gasteiger partial charge in [-0.05, 0) is 87.4 Å². The van der Waals surface area contributed by atoms with Gasteiger partial charge in [-0.15, -0.1) is 0 Å². The van der Waals surface area contributed by atoms with E-state index in [1.807, 2.05) is 0 Å². The van der Waals surface area contributed by atoms with Crippen molar-refractivity contribution in [1.82, 2.24) is 0 Å². The molecule has 0 amide bonds. The molecule has 4 saturated carbocycles. The van der Waals surface area contributed by atoms with E-state index in [1.54, 1.807) is 0 Å². The lowest BCUT2D eigenvalue weighted by Gasteiger charge is -2.31. The molecule has 0 aromatic rings. The first kappa shape index (κ1) is 23.6. The maximum atomic E-state index is 12.5. The average molecular weight is 421 g/mol. The molecule has 4 heteroatoms. The van der Waals surface area contributed by atoms with Crippen molar-refractivity contribution in [2.24, 2.45) is 34.5 Å². The monoisotopic (exact) mass is 420 g/mol. The van der Waals surface area contributed by atoms with E-state index < -0.39 is 0 Å². The third kappa shape index (κ3) is 6.01. The predicted octanol–water partition coefficient (Wildman–Crippen LogP) is 6.31. The first-order valence-corrected chi connectivity index (χ1v) is 12.2. The summed E-state index contributed by atoms with van der Waals surface area (Å²) in [5, 5.41) is 0. The molecule has 4 fully saturated rings. The highest BCUT2D eigenvalue weighted by molar-refractivity contribution is 5.74. The number of rotatable bonds is 4. The van der Waals surface area contributed by atoms with Crippen LogP contribution in [0.5, 0.6) is 0 Å². The topological polar surface area (TPSA) is 52.6 Å². The molecular formula is C26H44O4. The van der Waals surface area contributed by atoms with Crippen LogP contribution < -0.4 is 0 Å². The molecular weight excluding hydrogens is 376 g/mol. The van der Waals surface area contributed by atoms with E-state index in [1.165, 1.54) is 19.8 Å². The minimum absolute atomic E-state index is 0.0567. The molecule has 0 heterocycles. The first-order chi connectivity index (χ1) is 13.8. The summed E-state index contributed by atoms with van der Waals surface area (Å²) in [5.74, 6) is 1.36. The largest absolute Gasteiger partial charge is 0.462 e. The second-order valence-electron chi connectivity index (χ2n) is 12.7. The van der Waals surface area contributed by atoms with Gasteiger partial charge in [-0.25, -0.2) is 0 Å². The van der Waals surface area contributed by atoms with Crippen LogP contribution in [0.15, 0.2) is 0 Å². The van der Waals surface area contributed by atoms with Crippen molar-refractivity contribution in [2.75, 3.05) is 0 Å². The summed E-state index contributed by atoms with van der Waals surface area (Å²) >= 11 is 0. The van der Waals surface area contributed by atoms with Crippen LogP contribution in [0.4, 0.5) is 0 Å². The molecule has 4 aliphatic carbocycles. The molecule has 5 unspecified atom stereocenters. The number of carbonyl (C=O) groups is 2. The van der Waals surface area contributed by atoms with Crippen LogP contribution in [0.25, 0.3) is 0 Å². The number of hydrogen-bond acceptors (Lipinski definition) is 4. The minimum atomic E-state index is -0.254. The van der Waals surface area contributed by atoms with Crippen molar-refractivity contribution in [3.63, 3.8) is 0 Å². The summed E-state index contributed by atoms with van der Waals surface area (Å²) in [6, 6.07) is 0. The summed E-state index contributed by atoms with van der Waals surface area (Å²) in [7, 11) is 0. The molecule has 4 rings (SSSR count). The molecule has 30 heavy (non-hydrogen) atoms. The summed E-state index contributed by atoms with van der Waals surface area (Å²) in [6.45, 7) is 15.3. The van der Waals surface area contributed by atoms with Gasteiger partial charge >= 0.3 is 11.9 Å². The summed E-state index contributed by atoms with van der Waals surface area (Å²) in [4.78, 5) is 23.6. The molecule has 0 radical (unpaired) electrons. The van der Waals surface area contributed by atoms with E-state index in [-0.39, 0.29) is 35.5 Å². The number of carbonyl (C=O) groups excluding carboxylic acids is 2. The van der Waals surface area contributed by atoms with Gasteiger partial charge in [0.1, 0.15) is 11.7 Å². The van der Waals surface area contributed by atoms with Gasteiger partial charge in [-0.1, -0.05) is 34.6 Å². The van der Waals surface area contributed by atoms with Crippen molar-refractivity contribution in [2.45, 2.75) is 118 Å². The third-order valence-electron chi connectivity index (χ3n) is 7.96. The fourth-order valence-electron chi connectivity index (χ4n) is 6.11. The number of fused-ring (bicyclic) bond motifs is 2. The lowest BCUT2D eigenvalue weighted by molar-refractivity contribution is -0.169. The number of ether oxygens (including phenoxy) is 2. The molecule has 4 nitrogen and oxygen atoms in total. The van der Waals surface area contributed by atoms with Gasteiger partial charge in [0.05, 0.1) is 5.92 Å². The Labute approximate surface area is 183 Å². The molecule has 0 N–H and O–H groups in total. The molecule has 4 aliphatic rings. The van der Waals surface area contributed by atoms with Gasteiger partial charge in [0.2, 0.25) is 0 Å². The highest BCUT2D eigenvalue weighted by atomic mass is 16.6. The van der Waals surface area contributed by atoms with Crippen molar-refractivity contribution in [1.29, 1.82) is 0 Å². The Bertz CT molecular complexity index is 638. The van der Waals surface area contributed by atoms with E-state index in [0.717, 1.165) is 50.9 Å². The fraction of sp³-hybridized carbons (Fsp3) is 0.923. The van der Waals surface area contributed by atoms with Gasteiger partial charge < -0.3 is 9.47 Å². The Kier molecular flexibility index (Phi) is 6.66. The Morgan fingerprint density at radius 2 is 1.60 bits per heavy atom. The van der Waals surface area contributed by atoms with Gasteiger partial charge in [0.15, 0.2) is 0 Å². The second kappa shape index (κ2) is 8.47. The third-order valence-corrected chi connectivity index (χ3v) is 7.96. The zero-order valence-electron chi connectivity index (χ0n) is 20.4. The quantitative estimate of drug-likeness (QED) is 0.500. The van der Waals surface area contributed by atoms with Crippen LogP contribution in [-0.4, -0.2) is 23.6 Å². The fourth-order valence-corrected chi connectivity index (χ4v) is 6.11. The van der Waals surface area contributed by atoms with Gasteiger partial charge in [0.25, 0.3) is 0 Å². The molecule has 5 atom stereocenters. The summed E-state index contributed by atoms with van der Waals surface area (Å²) < 4.78 is 11.2. The standard InChI is InChI=1S/C16H24O4.C10H20/c1-10(17)19-14-9-11-7-12(14)13(8-11)15(18)20-16(2)5-3-4-6-16;1-9(2,3)6-8-7-10(8,4)5/h11-14H,3-9H2,1-2H3;8H,6-7H2,1-5H3. The zero-order chi connectivity index (χ0) is 22.3. The zero-order valence-corrected chi connectivity index (χ0v) is 20.4. The molecule has 0 aliphatic heterocycles. The molecule has 172 valence electrons. The van der Waals surface area contributed by atoms with Crippen molar-refractivity contribution >= 4 is 11.9 Å². The lowest BCUT2D eigenvalue weighted by Crippen LogP contribution is -2.38. The van der Waals surface area contributed by atoms with Gasteiger partial charge in [-0.2, -0.15) is 0 Å². The minimum Gasteiger partial charge on any atom is -0.462 e. The molecule has 0 aromatic heterocycles. The van der Waals surface area contributed by atoms with Crippen LogP contribution in [0, 0.1) is 34.5 Å². The van der Waals surface area contributed by atoms with Crippen LogP contribution in [0.2, 0.25) is 0 Å². The van der Waals surface area contributed by atoms with Crippen LogP contribution in [0.3, 0.4) is 0 Å².